The molecule has 6 nitrogen and oxygen atoms in total. The van der Waals surface area contributed by atoms with Crippen molar-refractivity contribution in [3.8, 4) is 11.5 Å². The van der Waals surface area contributed by atoms with Crippen LogP contribution in [0, 0.1) is 0 Å². The number of benzene rings is 1. The molecule has 4 rings (SSSR count). The Morgan fingerprint density at radius 3 is 2.58 bits per heavy atom. The normalized spacial score (nSPS) is 14.9. The highest BCUT2D eigenvalue weighted by molar-refractivity contribution is 5.49. The second-order valence-corrected chi connectivity index (χ2v) is 6.60. The lowest BCUT2D eigenvalue weighted by molar-refractivity contribution is 0.122. The molecule has 26 heavy (non-hydrogen) atoms. The van der Waals surface area contributed by atoms with E-state index in [0.29, 0.717) is 11.5 Å². The number of ether oxygens (including phenoxy) is 1. The van der Waals surface area contributed by atoms with Crippen molar-refractivity contribution in [2.24, 2.45) is 0 Å². The molecule has 1 aliphatic rings. The maximum absolute atomic E-state index is 5.41. The molecule has 0 bridgehead atoms. The van der Waals surface area contributed by atoms with Crippen LogP contribution in [0.15, 0.2) is 57.7 Å². The van der Waals surface area contributed by atoms with Crippen molar-refractivity contribution in [2.75, 3.05) is 38.3 Å². The van der Waals surface area contributed by atoms with E-state index in [-0.39, 0.29) is 0 Å². The van der Waals surface area contributed by atoms with Crippen molar-refractivity contribution in [2.45, 2.75) is 13.1 Å². The first kappa shape index (κ1) is 16.9. The summed E-state index contributed by atoms with van der Waals surface area (Å²) < 4.78 is 16.1. The molecule has 3 heterocycles. The van der Waals surface area contributed by atoms with Crippen LogP contribution in [-0.4, -0.2) is 43.4 Å². The molecule has 1 saturated heterocycles. The summed E-state index contributed by atoms with van der Waals surface area (Å²) in [5.74, 6) is 1.36. The summed E-state index contributed by atoms with van der Waals surface area (Å²) in [7, 11) is 2.08. The van der Waals surface area contributed by atoms with Gasteiger partial charge in [-0.15, -0.1) is 0 Å². The van der Waals surface area contributed by atoms with Gasteiger partial charge in [-0.05, 0) is 36.9 Å². The maximum atomic E-state index is 5.41. The Bertz CT molecular complexity index is 805. The Morgan fingerprint density at radius 2 is 1.85 bits per heavy atom. The summed E-state index contributed by atoms with van der Waals surface area (Å²) >= 11 is 0. The lowest BCUT2D eigenvalue weighted by Crippen LogP contribution is -2.36. The number of nitrogens with zero attached hydrogens (tertiary/aromatic N) is 3. The molecule has 0 amide bonds. The number of aromatic nitrogens is 1. The van der Waals surface area contributed by atoms with Gasteiger partial charge in [0.15, 0.2) is 5.76 Å². The Labute approximate surface area is 152 Å². The van der Waals surface area contributed by atoms with E-state index in [0.717, 1.165) is 45.1 Å². The van der Waals surface area contributed by atoms with Gasteiger partial charge in [0.05, 0.1) is 25.2 Å². The minimum absolute atomic E-state index is 0.660. The minimum Gasteiger partial charge on any atom is -0.461 e. The van der Waals surface area contributed by atoms with Crippen LogP contribution in [0.4, 0.5) is 5.69 Å². The third-order valence-corrected chi connectivity index (χ3v) is 4.52. The number of anilines is 1. The van der Waals surface area contributed by atoms with Crippen LogP contribution in [0.1, 0.15) is 11.3 Å². The summed E-state index contributed by atoms with van der Waals surface area (Å²) in [6, 6.07) is 14.4. The maximum Gasteiger partial charge on any atom is 0.202 e. The van der Waals surface area contributed by atoms with E-state index >= 15 is 0 Å². The van der Waals surface area contributed by atoms with Gasteiger partial charge in [0.2, 0.25) is 5.76 Å². The monoisotopic (exact) mass is 353 g/mol. The molecule has 1 aliphatic heterocycles. The molecule has 2 aromatic heterocycles. The van der Waals surface area contributed by atoms with Crippen molar-refractivity contribution >= 4 is 5.69 Å². The van der Waals surface area contributed by atoms with E-state index in [4.69, 9.17) is 13.7 Å². The molecule has 1 fully saturated rings. The number of rotatable bonds is 6. The Hall–Kier alpha value is -2.57. The predicted molar refractivity (Wildman–Crippen MR) is 98.9 cm³/mol. The van der Waals surface area contributed by atoms with E-state index < -0.39 is 0 Å². The highest BCUT2D eigenvalue weighted by Gasteiger charge is 2.13. The Kier molecular flexibility index (Phi) is 5.04. The average molecular weight is 353 g/mol. The molecule has 0 radical (unpaired) electrons. The zero-order valence-corrected chi connectivity index (χ0v) is 14.9. The first-order valence-electron chi connectivity index (χ1n) is 8.87. The lowest BCUT2D eigenvalue weighted by atomic mass is 10.1. The largest absolute Gasteiger partial charge is 0.461 e. The molecule has 0 saturated carbocycles. The van der Waals surface area contributed by atoms with Crippen molar-refractivity contribution in [1.82, 2.24) is 10.1 Å². The van der Waals surface area contributed by atoms with Gasteiger partial charge in [-0.25, -0.2) is 0 Å². The number of hydrogen-bond donors (Lipinski definition) is 0. The van der Waals surface area contributed by atoms with Crippen molar-refractivity contribution < 1.29 is 13.7 Å². The highest BCUT2D eigenvalue weighted by atomic mass is 16.5. The molecule has 6 heteroatoms. The second kappa shape index (κ2) is 7.76. The van der Waals surface area contributed by atoms with Crippen molar-refractivity contribution in [3.05, 3.63) is 60.0 Å². The molecular weight excluding hydrogens is 330 g/mol. The van der Waals surface area contributed by atoms with E-state index in [1.165, 1.54) is 11.3 Å². The molecule has 136 valence electrons. The average Bonchev–Trinajstić information content (AvgIpc) is 3.35. The predicted octanol–water partition coefficient (Wildman–Crippen LogP) is 3.40. The molecule has 0 N–H and O–H groups in total. The van der Waals surface area contributed by atoms with Gasteiger partial charge in [0, 0.05) is 37.9 Å². The zero-order valence-electron chi connectivity index (χ0n) is 14.9. The first-order valence-corrected chi connectivity index (χ1v) is 8.87. The standard InChI is InChI=1S/C20H23N3O3/c1-22(15-17-13-20(26-21-17)19-3-2-10-25-19)14-16-4-6-18(7-5-16)23-8-11-24-12-9-23/h2-7,10,13H,8-9,11-12,14-15H2,1H3. The molecule has 0 aliphatic carbocycles. The van der Waals surface area contributed by atoms with E-state index in [9.17, 15) is 0 Å². The number of morpholine rings is 1. The Balaban J connectivity index is 1.33. The van der Waals surface area contributed by atoms with Crippen LogP contribution in [0.2, 0.25) is 0 Å². The van der Waals surface area contributed by atoms with Gasteiger partial charge in [0.1, 0.15) is 0 Å². The summed E-state index contributed by atoms with van der Waals surface area (Å²) in [4.78, 5) is 4.58. The highest BCUT2D eigenvalue weighted by Crippen LogP contribution is 2.22. The molecule has 0 spiro atoms. The van der Waals surface area contributed by atoms with E-state index in [1.807, 2.05) is 18.2 Å². The molecule has 3 aromatic rings. The molecule has 0 atom stereocenters. The van der Waals surface area contributed by atoms with Gasteiger partial charge in [-0.2, -0.15) is 0 Å². The lowest BCUT2D eigenvalue weighted by Gasteiger charge is -2.29. The smallest absolute Gasteiger partial charge is 0.202 e. The number of furan rings is 1. The van der Waals surface area contributed by atoms with Crippen LogP contribution in [0.3, 0.4) is 0 Å². The quantitative estimate of drug-likeness (QED) is 0.677. The fraction of sp³-hybridized carbons (Fsp3) is 0.350. The minimum atomic E-state index is 0.660. The van der Waals surface area contributed by atoms with Gasteiger partial charge < -0.3 is 18.6 Å². The van der Waals surface area contributed by atoms with Crippen molar-refractivity contribution in [1.29, 1.82) is 0 Å². The summed E-state index contributed by atoms with van der Waals surface area (Å²) in [6.45, 7) is 5.11. The van der Waals surface area contributed by atoms with Gasteiger partial charge in [-0.1, -0.05) is 17.3 Å². The molecule has 1 aromatic carbocycles. The fourth-order valence-electron chi connectivity index (χ4n) is 3.20. The summed E-state index contributed by atoms with van der Waals surface area (Å²) in [6.07, 6.45) is 1.63. The molecular formula is C20H23N3O3. The fourth-order valence-corrected chi connectivity index (χ4v) is 3.20. The third kappa shape index (κ3) is 3.98. The SMILES string of the molecule is CN(Cc1ccc(N2CCOCC2)cc1)Cc1cc(-c2ccco2)on1. The van der Waals surface area contributed by atoms with Crippen LogP contribution in [-0.2, 0) is 17.8 Å². The van der Waals surface area contributed by atoms with Crippen molar-refractivity contribution in [3.63, 3.8) is 0 Å². The zero-order chi connectivity index (χ0) is 17.8. The first-order chi connectivity index (χ1) is 12.8. The van der Waals surface area contributed by atoms with Gasteiger partial charge in [-0.3, -0.25) is 4.90 Å². The van der Waals surface area contributed by atoms with Crippen LogP contribution in [0.5, 0.6) is 0 Å². The van der Waals surface area contributed by atoms with Crippen LogP contribution >= 0.6 is 0 Å². The van der Waals surface area contributed by atoms with Crippen LogP contribution in [0.25, 0.3) is 11.5 Å². The topological polar surface area (TPSA) is 54.9 Å². The van der Waals surface area contributed by atoms with Crippen LogP contribution < -0.4 is 4.90 Å². The summed E-state index contributed by atoms with van der Waals surface area (Å²) in [5, 5.41) is 4.13. The van der Waals surface area contributed by atoms with E-state index in [1.54, 1.807) is 6.26 Å². The summed E-state index contributed by atoms with van der Waals surface area (Å²) in [5.41, 5.74) is 3.43. The second-order valence-electron chi connectivity index (χ2n) is 6.60. The van der Waals surface area contributed by atoms with E-state index in [2.05, 4.69) is 46.3 Å². The van der Waals surface area contributed by atoms with Gasteiger partial charge >= 0.3 is 0 Å². The van der Waals surface area contributed by atoms with Gasteiger partial charge in [0.25, 0.3) is 0 Å². The Morgan fingerprint density at radius 1 is 1.04 bits per heavy atom. The molecule has 0 unspecified atom stereocenters. The number of hydrogen-bond acceptors (Lipinski definition) is 6. The third-order valence-electron chi connectivity index (χ3n) is 4.52.